The van der Waals surface area contributed by atoms with Crippen LogP contribution in [0.5, 0.6) is 5.75 Å². The largest absolute Gasteiger partial charge is 0.495 e. The van der Waals surface area contributed by atoms with E-state index in [1.807, 2.05) is 35.2 Å². The highest BCUT2D eigenvalue weighted by Gasteiger charge is 2.22. The first-order valence-corrected chi connectivity index (χ1v) is 11.0. The molecule has 2 heterocycles. The number of carbonyl (C=O) groups is 1. The van der Waals surface area contributed by atoms with Crippen molar-refractivity contribution in [1.82, 2.24) is 9.88 Å². The quantitative estimate of drug-likeness (QED) is 0.557. The summed E-state index contributed by atoms with van der Waals surface area (Å²) in [5, 5.41) is 0. The summed E-state index contributed by atoms with van der Waals surface area (Å²) in [6.45, 7) is 7.54. The lowest BCUT2D eigenvalue weighted by molar-refractivity contribution is -0.118. The summed E-state index contributed by atoms with van der Waals surface area (Å²) in [4.78, 5) is 23.9. The third-order valence-corrected chi connectivity index (χ3v) is 5.66. The van der Waals surface area contributed by atoms with E-state index in [0.717, 1.165) is 69.2 Å². The van der Waals surface area contributed by atoms with E-state index < -0.39 is 0 Å². The van der Waals surface area contributed by atoms with Gasteiger partial charge in [-0.2, -0.15) is 0 Å². The number of carbonyl (C=O) groups excluding carboxylic acids is 1. The van der Waals surface area contributed by atoms with E-state index in [-0.39, 0.29) is 5.91 Å². The van der Waals surface area contributed by atoms with Gasteiger partial charge in [-0.3, -0.25) is 14.6 Å². The van der Waals surface area contributed by atoms with Crippen LogP contribution < -0.4 is 14.5 Å². The number of rotatable bonds is 10. The van der Waals surface area contributed by atoms with E-state index in [9.17, 15) is 4.79 Å². The minimum Gasteiger partial charge on any atom is -0.495 e. The van der Waals surface area contributed by atoms with Gasteiger partial charge in [0.05, 0.1) is 12.8 Å². The zero-order chi connectivity index (χ0) is 21.2. The van der Waals surface area contributed by atoms with Gasteiger partial charge in [-0.25, -0.2) is 4.98 Å². The molecule has 3 rings (SSSR count). The molecular weight excluding hydrogens is 376 g/mol. The normalized spacial score (nSPS) is 14.5. The van der Waals surface area contributed by atoms with E-state index in [1.165, 1.54) is 0 Å². The van der Waals surface area contributed by atoms with Crippen LogP contribution >= 0.6 is 0 Å². The van der Waals surface area contributed by atoms with Gasteiger partial charge in [0.2, 0.25) is 5.91 Å². The van der Waals surface area contributed by atoms with Gasteiger partial charge in [-0.05, 0) is 30.7 Å². The molecule has 1 aliphatic heterocycles. The molecule has 6 heteroatoms. The minimum atomic E-state index is 0.176. The summed E-state index contributed by atoms with van der Waals surface area (Å²) in [6, 6.07) is 13.9. The topological polar surface area (TPSA) is 48.9 Å². The molecule has 2 aromatic rings. The number of methoxy groups -OCH3 is 1. The van der Waals surface area contributed by atoms with Crippen molar-refractivity contribution >= 4 is 17.4 Å². The van der Waals surface area contributed by atoms with Crippen LogP contribution in [0.2, 0.25) is 0 Å². The smallest absolute Gasteiger partial charge is 0.228 e. The van der Waals surface area contributed by atoms with Gasteiger partial charge in [0.25, 0.3) is 0 Å². The van der Waals surface area contributed by atoms with Crippen molar-refractivity contribution in [3.05, 3.63) is 48.7 Å². The Labute approximate surface area is 180 Å². The Bertz CT molecular complexity index is 776. The van der Waals surface area contributed by atoms with Gasteiger partial charge in [0.1, 0.15) is 11.6 Å². The molecule has 0 aliphatic carbocycles. The Balaban J connectivity index is 1.55. The second-order valence-electron chi connectivity index (χ2n) is 7.69. The standard InChI is InChI=1S/C24H34N4O2/c1-3-4-5-13-24(29)28(23-12-8-9-14-25-23)20-17-26-15-18-27(19-16-26)21-10-6-7-11-22(21)30-2/h6-12,14H,3-5,13,15-20H2,1-2H3. The Kier molecular flexibility index (Phi) is 8.51. The lowest BCUT2D eigenvalue weighted by Crippen LogP contribution is -2.49. The highest BCUT2D eigenvalue weighted by Crippen LogP contribution is 2.28. The maximum Gasteiger partial charge on any atom is 0.228 e. The highest BCUT2D eigenvalue weighted by atomic mass is 16.5. The van der Waals surface area contributed by atoms with Gasteiger partial charge in [-0.1, -0.05) is 38.0 Å². The highest BCUT2D eigenvalue weighted by molar-refractivity contribution is 5.92. The average Bonchev–Trinajstić information content (AvgIpc) is 2.80. The Morgan fingerprint density at radius 3 is 2.53 bits per heavy atom. The van der Waals surface area contributed by atoms with Gasteiger partial charge < -0.3 is 9.64 Å². The molecule has 0 unspecified atom stereocenters. The second kappa shape index (κ2) is 11.6. The van der Waals surface area contributed by atoms with Crippen molar-refractivity contribution in [2.45, 2.75) is 32.6 Å². The molecule has 1 amide bonds. The number of ether oxygens (including phenoxy) is 1. The van der Waals surface area contributed by atoms with Gasteiger partial charge in [-0.15, -0.1) is 0 Å². The summed E-state index contributed by atoms with van der Waals surface area (Å²) in [7, 11) is 1.72. The number of nitrogens with zero attached hydrogens (tertiary/aromatic N) is 4. The number of unbranched alkanes of at least 4 members (excludes halogenated alkanes) is 2. The summed E-state index contributed by atoms with van der Waals surface area (Å²) in [5.74, 6) is 1.85. The van der Waals surface area contributed by atoms with Gasteiger partial charge in [0, 0.05) is 51.9 Å². The third kappa shape index (κ3) is 5.95. The van der Waals surface area contributed by atoms with Crippen molar-refractivity contribution in [2.24, 2.45) is 0 Å². The Hall–Kier alpha value is -2.60. The molecule has 0 spiro atoms. The predicted molar refractivity (Wildman–Crippen MR) is 122 cm³/mol. The van der Waals surface area contributed by atoms with Crippen LogP contribution in [0.15, 0.2) is 48.7 Å². The lowest BCUT2D eigenvalue weighted by Gasteiger charge is -2.37. The number of hydrogen-bond donors (Lipinski definition) is 0. The van der Waals surface area contributed by atoms with E-state index in [2.05, 4.69) is 33.8 Å². The van der Waals surface area contributed by atoms with Crippen LogP contribution in [0.25, 0.3) is 0 Å². The zero-order valence-electron chi connectivity index (χ0n) is 18.3. The summed E-state index contributed by atoms with van der Waals surface area (Å²) >= 11 is 0. The van der Waals surface area contributed by atoms with E-state index in [0.29, 0.717) is 13.0 Å². The zero-order valence-corrected chi connectivity index (χ0v) is 18.3. The molecule has 0 radical (unpaired) electrons. The molecule has 0 atom stereocenters. The van der Waals surface area contributed by atoms with Crippen LogP contribution in [0.4, 0.5) is 11.5 Å². The molecule has 0 N–H and O–H groups in total. The number of anilines is 2. The maximum absolute atomic E-state index is 12.8. The first-order chi connectivity index (χ1) is 14.7. The Morgan fingerprint density at radius 1 is 1.07 bits per heavy atom. The molecule has 162 valence electrons. The minimum absolute atomic E-state index is 0.176. The lowest BCUT2D eigenvalue weighted by atomic mass is 10.2. The monoisotopic (exact) mass is 410 g/mol. The van der Waals surface area contributed by atoms with Crippen molar-refractivity contribution < 1.29 is 9.53 Å². The predicted octanol–water partition coefficient (Wildman–Crippen LogP) is 3.83. The molecule has 1 aromatic heterocycles. The first kappa shape index (κ1) is 22.1. The molecular formula is C24H34N4O2. The number of para-hydroxylation sites is 2. The van der Waals surface area contributed by atoms with E-state index in [1.54, 1.807) is 13.3 Å². The summed E-state index contributed by atoms with van der Waals surface area (Å²) in [5.41, 5.74) is 1.15. The van der Waals surface area contributed by atoms with Crippen LogP contribution in [0.1, 0.15) is 32.6 Å². The van der Waals surface area contributed by atoms with Gasteiger partial charge >= 0.3 is 0 Å². The maximum atomic E-state index is 12.8. The molecule has 30 heavy (non-hydrogen) atoms. The molecule has 1 aromatic carbocycles. The molecule has 6 nitrogen and oxygen atoms in total. The van der Waals surface area contributed by atoms with Crippen molar-refractivity contribution in [2.75, 3.05) is 56.2 Å². The van der Waals surface area contributed by atoms with E-state index >= 15 is 0 Å². The molecule has 0 saturated carbocycles. The van der Waals surface area contributed by atoms with Crippen molar-refractivity contribution in [1.29, 1.82) is 0 Å². The fraction of sp³-hybridized carbons (Fsp3) is 0.500. The number of hydrogen-bond acceptors (Lipinski definition) is 5. The fourth-order valence-corrected chi connectivity index (χ4v) is 3.89. The first-order valence-electron chi connectivity index (χ1n) is 11.0. The van der Waals surface area contributed by atoms with Crippen LogP contribution in [-0.2, 0) is 4.79 Å². The fourth-order valence-electron chi connectivity index (χ4n) is 3.89. The third-order valence-electron chi connectivity index (χ3n) is 5.66. The number of pyridine rings is 1. The number of aromatic nitrogens is 1. The molecule has 1 saturated heterocycles. The summed E-state index contributed by atoms with van der Waals surface area (Å²) < 4.78 is 5.51. The summed E-state index contributed by atoms with van der Waals surface area (Å²) in [6.07, 6.45) is 5.50. The van der Waals surface area contributed by atoms with Crippen molar-refractivity contribution in [3.63, 3.8) is 0 Å². The number of amides is 1. The van der Waals surface area contributed by atoms with E-state index in [4.69, 9.17) is 4.74 Å². The SMILES string of the molecule is CCCCCC(=O)N(CCN1CCN(c2ccccc2OC)CC1)c1ccccn1. The van der Waals surface area contributed by atoms with Crippen LogP contribution in [0.3, 0.4) is 0 Å². The average molecular weight is 411 g/mol. The van der Waals surface area contributed by atoms with Crippen molar-refractivity contribution in [3.8, 4) is 5.75 Å². The van der Waals surface area contributed by atoms with Crippen LogP contribution in [0, 0.1) is 0 Å². The number of piperazine rings is 1. The molecule has 0 bridgehead atoms. The van der Waals surface area contributed by atoms with Gasteiger partial charge in [0.15, 0.2) is 0 Å². The number of benzene rings is 1. The molecule has 1 aliphatic rings. The Morgan fingerprint density at radius 2 is 1.83 bits per heavy atom. The van der Waals surface area contributed by atoms with Crippen LogP contribution in [-0.4, -0.2) is 62.2 Å². The molecule has 1 fully saturated rings. The second-order valence-corrected chi connectivity index (χ2v) is 7.69.